The fourth-order valence-electron chi connectivity index (χ4n) is 4.19. The van der Waals surface area contributed by atoms with Crippen LogP contribution in [0, 0.1) is 5.92 Å². The Kier molecular flexibility index (Phi) is 7.90. The van der Waals surface area contributed by atoms with Crippen LogP contribution in [0.15, 0.2) is 0 Å². The van der Waals surface area contributed by atoms with Crippen LogP contribution in [-0.2, 0) is 14.3 Å². The third-order valence-corrected chi connectivity index (χ3v) is 5.79. The molecule has 0 aromatic carbocycles. The first-order chi connectivity index (χ1) is 13.0. The smallest absolute Gasteiger partial charge is 0.222 e. The van der Waals surface area contributed by atoms with Gasteiger partial charge in [-0.15, -0.1) is 0 Å². The van der Waals surface area contributed by atoms with Crippen molar-refractivity contribution in [2.75, 3.05) is 53.5 Å². The third-order valence-electron chi connectivity index (χ3n) is 5.79. The molecule has 7 nitrogen and oxygen atoms in total. The monoisotopic (exact) mass is 383 g/mol. The number of amides is 1. The first-order valence-corrected chi connectivity index (χ1v) is 10.6. The summed E-state index contributed by atoms with van der Waals surface area (Å²) in [5.74, 6) is 0.859. The van der Waals surface area contributed by atoms with E-state index in [-0.39, 0.29) is 18.1 Å². The number of nitrogens with zero attached hydrogens (tertiary/aromatic N) is 2. The maximum absolute atomic E-state index is 12.2. The van der Waals surface area contributed by atoms with Gasteiger partial charge in [0.25, 0.3) is 0 Å². The topological polar surface area (TPSA) is 74.3 Å². The van der Waals surface area contributed by atoms with Gasteiger partial charge in [0.05, 0.1) is 37.9 Å². The Hall–Kier alpha value is -0.730. The number of aliphatic hydroxyl groups excluding tert-OH is 1. The van der Waals surface area contributed by atoms with Crippen LogP contribution < -0.4 is 5.32 Å². The number of ether oxygens (including phenoxy) is 2. The molecule has 2 N–H and O–H groups in total. The Balaban J connectivity index is 1.46. The molecule has 1 amide bonds. The minimum atomic E-state index is -0.421. The SMILES string of the molecule is CN(C)CCCNC(=O)C[C@H]1CC[C@H]2[C@@H](COC[C@@H](O)CN2CC2CC2)O1. The molecule has 3 aliphatic rings. The van der Waals surface area contributed by atoms with Gasteiger partial charge >= 0.3 is 0 Å². The number of β-amino-alcohol motifs (C(OH)–C–C–N with tert-alkyl or cyclic N) is 1. The van der Waals surface area contributed by atoms with Crippen LogP contribution in [0.2, 0.25) is 0 Å². The van der Waals surface area contributed by atoms with Gasteiger partial charge in [-0.25, -0.2) is 0 Å². The first-order valence-electron chi connectivity index (χ1n) is 10.6. The Bertz CT molecular complexity index is 472. The predicted molar refractivity (Wildman–Crippen MR) is 104 cm³/mol. The van der Waals surface area contributed by atoms with E-state index in [9.17, 15) is 9.90 Å². The van der Waals surface area contributed by atoms with Crippen LogP contribution in [0.3, 0.4) is 0 Å². The summed E-state index contributed by atoms with van der Waals surface area (Å²) < 4.78 is 12.0. The number of aliphatic hydroxyl groups is 1. The molecule has 0 aromatic heterocycles. The van der Waals surface area contributed by atoms with E-state index in [1.165, 1.54) is 12.8 Å². The first kappa shape index (κ1) is 21.0. The van der Waals surface area contributed by atoms with E-state index in [0.29, 0.717) is 38.8 Å². The van der Waals surface area contributed by atoms with E-state index in [0.717, 1.165) is 38.3 Å². The normalized spacial score (nSPS) is 32.6. The van der Waals surface area contributed by atoms with Crippen molar-refractivity contribution >= 4 is 5.91 Å². The van der Waals surface area contributed by atoms with Gasteiger partial charge in [0, 0.05) is 25.7 Å². The fourth-order valence-corrected chi connectivity index (χ4v) is 4.19. The van der Waals surface area contributed by atoms with Gasteiger partial charge < -0.3 is 24.8 Å². The van der Waals surface area contributed by atoms with Gasteiger partial charge in [-0.05, 0) is 58.7 Å². The van der Waals surface area contributed by atoms with Crippen LogP contribution in [-0.4, -0.2) is 98.7 Å². The lowest BCUT2D eigenvalue weighted by molar-refractivity contribution is -0.157. The molecule has 2 saturated heterocycles. The maximum Gasteiger partial charge on any atom is 0.222 e. The Morgan fingerprint density at radius 3 is 2.78 bits per heavy atom. The van der Waals surface area contributed by atoms with Gasteiger partial charge in [-0.1, -0.05) is 0 Å². The highest BCUT2D eigenvalue weighted by Crippen LogP contribution is 2.34. The van der Waals surface area contributed by atoms with E-state index in [4.69, 9.17) is 9.47 Å². The Labute approximate surface area is 163 Å². The van der Waals surface area contributed by atoms with Crippen LogP contribution >= 0.6 is 0 Å². The summed E-state index contributed by atoms with van der Waals surface area (Å²) in [6.07, 6.45) is 5.44. The van der Waals surface area contributed by atoms with Crippen molar-refractivity contribution in [1.82, 2.24) is 15.1 Å². The lowest BCUT2D eigenvalue weighted by Crippen LogP contribution is -2.56. The molecule has 0 unspecified atom stereocenters. The number of rotatable bonds is 8. The molecule has 3 rings (SSSR count). The Morgan fingerprint density at radius 2 is 2.04 bits per heavy atom. The molecule has 156 valence electrons. The van der Waals surface area contributed by atoms with Crippen LogP contribution in [0.4, 0.5) is 0 Å². The van der Waals surface area contributed by atoms with Gasteiger partial charge in [-0.2, -0.15) is 0 Å². The number of hydrogen-bond acceptors (Lipinski definition) is 6. The highest BCUT2D eigenvalue weighted by Gasteiger charge is 2.39. The maximum atomic E-state index is 12.2. The quantitative estimate of drug-likeness (QED) is 0.594. The van der Waals surface area contributed by atoms with Crippen molar-refractivity contribution in [1.29, 1.82) is 0 Å². The molecule has 1 aliphatic carbocycles. The molecule has 0 radical (unpaired) electrons. The highest BCUT2D eigenvalue weighted by molar-refractivity contribution is 5.76. The summed E-state index contributed by atoms with van der Waals surface area (Å²) in [5, 5.41) is 13.2. The van der Waals surface area contributed by atoms with Gasteiger partial charge in [0.2, 0.25) is 5.91 Å². The zero-order valence-electron chi connectivity index (χ0n) is 16.9. The van der Waals surface area contributed by atoms with Crippen molar-refractivity contribution in [3.05, 3.63) is 0 Å². The molecular formula is C20H37N3O4. The van der Waals surface area contributed by atoms with Gasteiger partial charge in [0.1, 0.15) is 0 Å². The Morgan fingerprint density at radius 1 is 1.22 bits per heavy atom. The number of carbonyl (C=O) groups excluding carboxylic acids is 1. The van der Waals surface area contributed by atoms with E-state index in [1.807, 2.05) is 14.1 Å². The fraction of sp³-hybridized carbons (Fsp3) is 0.950. The number of fused-ring (bicyclic) bond motifs is 1. The molecule has 3 fully saturated rings. The summed E-state index contributed by atoms with van der Waals surface area (Å²) in [4.78, 5) is 16.8. The zero-order chi connectivity index (χ0) is 19.2. The van der Waals surface area contributed by atoms with E-state index in [1.54, 1.807) is 0 Å². The number of nitrogens with one attached hydrogen (secondary N) is 1. The highest BCUT2D eigenvalue weighted by atomic mass is 16.5. The third kappa shape index (κ3) is 6.98. The van der Waals surface area contributed by atoms with Crippen molar-refractivity contribution in [3.63, 3.8) is 0 Å². The van der Waals surface area contributed by atoms with Crippen LogP contribution in [0.1, 0.15) is 38.5 Å². The van der Waals surface area contributed by atoms with Crippen molar-refractivity contribution in [2.45, 2.75) is 62.9 Å². The summed E-state index contributed by atoms with van der Waals surface area (Å²) in [5.41, 5.74) is 0. The lowest BCUT2D eigenvalue weighted by atomic mass is 9.94. The molecule has 27 heavy (non-hydrogen) atoms. The molecule has 7 heteroatoms. The van der Waals surface area contributed by atoms with Crippen LogP contribution in [0.5, 0.6) is 0 Å². The minimum absolute atomic E-state index is 0.00320. The van der Waals surface area contributed by atoms with Crippen LogP contribution in [0.25, 0.3) is 0 Å². The molecule has 4 atom stereocenters. The molecular weight excluding hydrogens is 346 g/mol. The average Bonchev–Trinajstić information content (AvgIpc) is 3.41. The second kappa shape index (κ2) is 10.2. The lowest BCUT2D eigenvalue weighted by Gasteiger charge is -2.44. The zero-order valence-corrected chi connectivity index (χ0v) is 16.9. The molecule has 2 aliphatic heterocycles. The predicted octanol–water partition coefficient (Wildman–Crippen LogP) is 0.464. The summed E-state index contributed by atoms with van der Waals surface area (Å²) in [7, 11) is 4.08. The number of carbonyl (C=O) groups is 1. The van der Waals surface area contributed by atoms with Crippen molar-refractivity contribution < 1.29 is 19.4 Å². The molecule has 1 saturated carbocycles. The summed E-state index contributed by atoms with van der Waals surface area (Å²) in [6, 6.07) is 0.292. The van der Waals surface area contributed by atoms with Gasteiger partial charge in [-0.3, -0.25) is 9.69 Å². The molecule has 0 bridgehead atoms. The van der Waals surface area contributed by atoms with Gasteiger partial charge in [0.15, 0.2) is 0 Å². The van der Waals surface area contributed by atoms with E-state index in [2.05, 4.69) is 15.1 Å². The second-order valence-electron chi connectivity index (χ2n) is 8.74. The largest absolute Gasteiger partial charge is 0.389 e. The van der Waals surface area contributed by atoms with Crippen molar-refractivity contribution in [2.24, 2.45) is 5.92 Å². The van der Waals surface area contributed by atoms with Crippen molar-refractivity contribution in [3.8, 4) is 0 Å². The minimum Gasteiger partial charge on any atom is -0.389 e. The molecule has 0 spiro atoms. The summed E-state index contributed by atoms with van der Waals surface area (Å²) >= 11 is 0. The number of hydrogen-bond donors (Lipinski definition) is 2. The molecule has 2 heterocycles. The average molecular weight is 384 g/mol. The standard InChI is InChI=1S/C20H37N3O4/c1-22(2)9-3-8-21-20(25)10-17-6-7-18-19(27-17)14-26-13-16(24)12-23(18)11-15-4-5-15/h15-19,24H,3-14H2,1-2H3,(H,21,25)/t16-,17+,18-,19+/m0/s1. The molecule has 0 aromatic rings. The van der Waals surface area contributed by atoms with E-state index < -0.39 is 6.10 Å². The summed E-state index contributed by atoms with van der Waals surface area (Å²) in [6.45, 7) is 4.28. The van der Waals surface area contributed by atoms with E-state index >= 15 is 0 Å². The second-order valence-corrected chi connectivity index (χ2v) is 8.74.